The smallest absolute Gasteiger partial charge is 0.232 e. The van der Waals surface area contributed by atoms with Gasteiger partial charge in [-0.05, 0) is 49.1 Å². The fourth-order valence-corrected chi connectivity index (χ4v) is 4.54. The molecule has 0 aliphatic rings. The van der Waals surface area contributed by atoms with E-state index in [1.807, 2.05) is 49.4 Å². The standard InChI is InChI=1S/C24H27NO2S/c1-3-4-9-21(20-10-6-5-7-11-20)18-23(26)25-17-8-12-24(25)28(27)22-15-13-19(2)14-16-22/h5-8,10-17,21H,3-4,9,18H2,1-2H3/t21-,28?/m0/s1. The van der Waals surface area contributed by atoms with Crippen LogP contribution in [-0.2, 0) is 10.8 Å². The molecule has 1 unspecified atom stereocenters. The van der Waals surface area contributed by atoms with Gasteiger partial charge in [0.25, 0.3) is 0 Å². The lowest BCUT2D eigenvalue weighted by molar-refractivity contribution is 0.0881. The highest BCUT2D eigenvalue weighted by Crippen LogP contribution is 2.27. The van der Waals surface area contributed by atoms with Crippen molar-refractivity contribution in [3.63, 3.8) is 0 Å². The maximum atomic E-state index is 13.1. The van der Waals surface area contributed by atoms with Gasteiger partial charge in [-0.2, -0.15) is 0 Å². The predicted molar refractivity (Wildman–Crippen MR) is 114 cm³/mol. The minimum absolute atomic E-state index is 0.00887. The first kappa shape index (κ1) is 20.3. The van der Waals surface area contributed by atoms with Crippen LogP contribution >= 0.6 is 0 Å². The Kier molecular flexibility index (Phi) is 6.99. The largest absolute Gasteiger partial charge is 0.279 e. The maximum Gasteiger partial charge on any atom is 0.232 e. The number of carbonyl (C=O) groups excluding carboxylic acids is 1. The minimum Gasteiger partial charge on any atom is -0.279 e. The van der Waals surface area contributed by atoms with Crippen LogP contribution in [0.5, 0.6) is 0 Å². The van der Waals surface area contributed by atoms with E-state index in [0.717, 1.165) is 24.8 Å². The lowest BCUT2D eigenvalue weighted by atomic mass is 9.90. The zero-order valence-corrected chi connectivity index (χ0v) is 17.3. The fourth-order valence-electron chi connectivity index (χ4n) is 3.38. The molecule has 0 amide bonds. The van der Waals surface area contributed by atoms with Gasteiger partial charge < -0.3 is 0 Å². The Labute approximate surface area is 169 Å². The van der Waals surface area contributed by atoms with Crippen LogP contribution < -0.4 is 0 Å². The van der Waals surface area contributed by atoms with Gasteiger partial charge in [0, 0.05) is 17.5 Å². The third-order valence-corrected chi connectivity index (χ3v) is 6.42. The zero-order chi connectivity index (χ0) is 19.9. The second-order valence-corrected chi connectivity index (χ2v) is 8.57. The van der Waals surface area contributed by atoms with Gasteiger partial charge in [-0.15, -0.1) is 0 Å². The van der Waals surface area contributed by atoms with E-state index >= 15 is 0 Å². The van der Waals surface area contributed by atoms with Crippen molar-refractivity contribution in [1.82, 2.24) is 4.57 Å². The summed E-state index contributed by atoms with van der Waals surface area (Å²) < 4.78 is 14.6. The quantitative estimate of drug-likeness (QED) is 0.473. The number of rotatable bonds is 8. The van der Waals surface area contributed by atoms with Gasteiger partial charge in [-0.3, -0.25) is 9.36 Å². The molecular formula is C24H27NO2S. The monoisotopic (exact) mass is 393 g/mol. The zero-order valence-electron chi connectivity index (χ0n) is 16.5. The van der Waals surface area contributed by atoms with Gasteiger partial charge in [-0.1, -0.05) is 67.8 Å². The molecule has 0 N–H and O–H groups in total. The van der Waals surface area contributed by atoms with E-state index in [-0.39, 0.29) is 11.8 Å². The number of aromatic nitrogens is 1. The molecule has 0 spiro atoms. The average molecular weight is 394 g/mol. The molecule has 0 saturated carbocycles. The van der Waals surface area contributed by atoms with Crippen molar-refractivity contribution in [1.29, 1.82) is 0 Å². The maximum absolute atomic E-state index is 13.1. The van der Waals surface area contributed by atoms with Crippen LogP contribution in [0.1, 0.15) is 54.4 Å². The second kappa shape index (κ2) is 9.65. The number of nitrogens with zero attached hydrogens (tertiary/aromatic N) is 1. The third kappa shape index (κ3) is 4.87. The summed E-state index contributed by atoms with van der Waals surface area (Å²) in [4.78, 5) is 13.8. The van der Waals surface area contributed by atoms with Crippen LogP contribution in [0.4, 0.5) is 0 Å². The van der Waals surface area contributed by atoms with E-state index in [1.165, 1.54) is 5.56 Å². The summed E-state index contributed by atoms with van der Waals surface area (Å²) in [7, 11) is -1.38. The van der Waals surface area contributed by atoms with Crippen LogP contribution in [0.25, 0.3) is 0 Å². The average Bonchev–Trinajstić information content (AvgIpc) is 3.21. The first-order valence-corrected chi connectivity index (χ1v) is 11.0. The molecule has 1 heterocycles. The molecule has 146 valence electrons. The second-order valence-electron chi connectivity index (χ2n) is 7.15. The molecule has 0 fully saturated rings. The van der Waals surface area contributed by atoms with Crippen molar-refractivity contribution in [3.8, 4) is 0 Å². The summed E-state index contributed by atoms with van der Waals surface area (Å²) in [6, 6.07) is 21.4. The molecule has 3 rings (SSSR count). The van der Waals surface area contributed by atoms with Crippen molar-refractivity contribution in [2.45, 2.75) is 55.4 Å². The number of aryl methyl sites for hydroxylation is 1. The Morgan fingerprint density at radius 2 is 1.71 bits per heavy atom. The molecule has 28 heavy (non-hydrogen) atoms. The third-order valence-electron chi connectivity index (χ3n) is 5.00. The van der Waals surface area contributed by atoms with Crippen LogP contribution in [0.2, 0.25) is 0 Å². The van der Waals surface area contributed by atoms with Crippen molar-refractivity contribution in [2.75, 3.05) is 0 Å². The molecule has 2 aromatic carbocycles. The number of hydrogen-bond acceptors (Lipinski definition) is 2. The Bertz CT molecular complexity index is 929. The fraction of sp³-hybridized carbons (Fsp3) is 0.292. The molecule has 0 aliphatic heterocycles. The lowest BCUT2D eigenvalue weighted by Gasteiger charge is -2.17. The molecule has 3 nitrogen and oxygen atoms in total. The number of unbranched alkanes of at least 4 members (excludes halogenated alkanes) is 1. The van der Waals surface area contributed by atoms with Crippen molar-refractivity contribution in [2.24, 2.45) is 0 Å². The summed E-state index contributed by atoms with van der Waals surface area (Å²) >= 11 is 0. The molecule has 4 heteroatoms. The van der Waals surface area contributed by atoms with Crippen molar-refractivity contribution < 1.29 is 9.00 Å². The Balaban J connectivity index is 1.81. The first-order chi connectivity index (χ1) is 13.6. The molecule has 0 bridgehead atoms. The van der Waals surface area contributed by atoms with Gasteiger partial charge in [0.2, 0.25) is 5.91 Å². The normalized spacial score (nSPS) is 13.2. The number of carbonyl (C=O) groups is 1. The number of benzene rings is 2. The summed E-state index contributed by atoms with van der Waals surface area (Å²) in [6.45, 7) is 4.16. The molecule has 0 saturated heterocycles. The van der Waals surface area contributed by atoms with Gasteiger partial charge >= 0.3 is 0 Å². The van der Waals surface area contributed by atoms with Crippen LogP contribution in [0, 0.1) is 6.92 Å². The van der Waals surface area contributed by atoms with Crippen LogP contribution in [0.3, 0.4) is 0 Å². The highest BCUT2D eigenvalue weighted by atomic mass is 32.2. The molecule has 0 aliphatic carbocycles. The van der Waals surface area contributed by atoms with E-state index in [2.05, 4.69) is 19.1 Å². The van der Waals surface area contributed by atoms with Crippen LogP contribution in [-0.4, -0.2) is 14.7 Å². The van der Waals surface area contributed by atoms with E-state index < -0.39 is 10.8 Å². The molecule has 1 aromatic heterocycles. The lowest BCUT2D eigenvalue weighted by Crippen LogP contribution is -2.17. The SMILES string of the molecule is CCCC[C@@H](CC(=O)n1cccc1S(=O)c1ccc(C)cc1)c1ccccc1. The van der Waals surface area contributed by atoms with E-state index in [0.29, 0.717) is 16.3 Å². The minimum atomic E-state index is -1.38. The van der Waals surface area contributed by atoms with Crippen molar-refractivity contribution in [3.05, 3.63) is 84.1 Å². The molecular weight excluding hydrogens is 366 g/mol. The van der Waals surface area contributed by atoms with Gasteiger partial charge in [0.05, 0.1) is 0 Å². The van der Waals surface area contributed by atoms with E-state index in [9.17, 15) is 9.00 Å². The topological polar surface area (TPSA) is 39.1 Å². The van der Waals surface area contributed by atoms with Gasteiger partial charge in [0.1, 0.15) is 15.8 Å². The summed E-state index contributed by atoms with van der Waals surface area (Å²) in [6.07, 6.45) is 5.30. The molecule has 3 aromatic rings. The highest BCUT2D eigenvalue weighted by Gasteiger charge is 2.20. The summed E-state index contributed by atoms with van der Waals surface area (Å²) in [5.41, 5.74) is 2.31. The Morgan fingerprint density at radius 3 is 2.39 bits per heavy atom. The highest BCUT2D eigenvalue weighted by molar-refractivity contribution is 7.85. The first-order valence-electron chi connectivity index (χ1n) is 9.84. The molecule has 2 atom stereocenters. The van der Waals surface area contributed by atoms with E-state index in [4.69, 9.17) is 0 Å². The van der Waals surface area contributed by atoms with Crippen molar-refractivity contribution >= 4 is 16.7 Å². The summed E-state index contributed by atoms with van der Waals surface area (Å²) in [5.74, 6) is 0.169. The number of hydrogen-bond donors (Lipinski definition) is 0. The van der Waals surface area contributed by atoms with Gasteiger partial charge in [-0.25, -0.2) is 4.21 Å². The molecule has 0 radical (unpaired) electrons. The summed E-state index contributed by atoms with van der Waals surface area (Å²) in [5, 5.41) is 0.538. The van der Waals surface area contributed by atoms with Crippen LogP contribution in [0.15, 0.2) is 82.8 Å². The predicted octanol–water partition coefficient (Wildman–Crippen LogP) is 5.97. The Morgan fingerprint density at radius 1 is 1.00 bits per heavy atom. The Hall–Kier alpha value is -2.46. The van der Waals surface area contributed by atoms with E-state index in [1.54, 1.807) is 22.9 Å². The van der Waals surface area contributed by atoms with Gasteiger partial charge in [0.15, 0.2) is 0 Å².